The third-order valence-electron chi connectivity index (χ3n) is 0. The second kappa shape index (κ2) is 8.91. The first-order valence-corrected chi connectivity index (χ1v) is 1.14. The summed E-state index contributed by atoms with van der Waals surface area (Å²) >= 11 is 0. The molecule has 0 aliphatic heterocycles. The molecular weight excluding hydrogens is 84.0 g/mol. The third kappa shape index (κ3) is 19.4. The van der Waals surface area contributed by atoms with Gasteiger partial charge in [-0.1, -0.05) is 0 Å². The first-order valence-electron chi connectivity index (χ1n) is 1.14. The molecule has 0 heterocycles. The highest BCUT2D eigenvalue weighted by atomic mass is 16.4. The summed E-state index contributed by atoms with van der Waals surface area (Å²) in [4.78, 5) is 16.6. The van der Waals surface area contributed by atoms with E-state index < -0.39 is 5.97 Å². The van der Waals surface area contributed by atoms with Gasteiger partial charge in [-0.25, -0.2) is 9.90 Å². The van der Waals surface area contributed by atoms with E-state index in [-0.39, 0.29) is 0 Å². The van der Waals surface area contributed by atoms with E-state index in [4.69, 9.17) is 14.7 Å². The van der Waals surface area contributed by atoms with E-state index in [2.05, 4.69) is 6.79 Å². The van der Waals surface area contributed by atoms with Gasteiger partial charge in [0.1, 0.15) is 0 Å². The first kappa shape index (κ1) is 8.94. The van der Waals surface area contributed by atoms with Crippen LogP contribution in [0.25, 0.3) is 0 Å². The van der Waals surface area contributed by atoms with Gasteiger partial charge in [0, 0.05) is 6.92 Å². The topological polar surface area (TPSA) is 54.0 Å². The lowest BCUT2D eigenvalue weighted by Gasteiger charge is -1.50. The number of carbonyl (C=O) groups is 1. The van der Waals surface area contributed by atoms with Gasteiger partial charge in [-0.15, -0.1) is 0 Å². The summed E-state index contributed by atoms with van der Waals surface area (Å²) in [6.45, 7) is 4.22. The monoisotopic (exact) mass is 88.0 g/mol. The van der Waals surface area contributed by atoms with Crippen molar-refractivity contribution in [2.45, 2.75) is 6.92 Å². The highest BCUT2D eigenvalue weighted by Gasteiger charge is 1.71. The average Bonchev–Trinajstić information content (AvgIpc) is 1.41. The molecular formula is C3H4O3. The van der Waals surface area contributed by atoms with Crippen LogP contribution in [0.1, 0.15) is 6.92 Å². The van der Waals surface area contributed by atoms with Crippen LogP contribution in [0.4, 0.5) is 0 Å². The summed E-state index contributed by atoms with van der Waals surface area (Å²) < 4.78 is 0. The van der Waals surface area contributed by atoms with Crippen molar-refractivity contribution in [2.75, 3.05) is 0 Å². The van der Waals surface area contributed by atoms with Crippen LogP contribution in [0, 0.1) is 0 Å². The Balaban J connectivity index is 0. The van der Waals surface area contributed by atoms with Gasteiger partial charge in [-0.05, 0) is 0 Å². The zero-order valence-electron chi connectivity index (χ0n) is 3.30. The fraction of sp³-hybridized carbons (Fsp3) is 0.333. The maximum atomic E-state index is 8.89. The molecule has 0 N–H and O–H groups in total. The molecule has 0 fully saturated rings. The third-order valence-corrected chi connectivity index (χ3v) is 0. The van der Waals surface area contributed by atoms with Crippen molar-refractivity contribution >= 4 is 12.8 Å². The normalized spacial score (nSPS) is 4.83. The van der Waals surface area contributed by atoms with Crippen LogP contribution in [0.2, 0.25) is 0 Å². The fourth-order valence-electron chi connectivity index (χ4n) is 0. The highest BCUT2D eigenvalue weighted by Crippen LogP contribution is 1.45. The van der Waals surface area contributed by atoms with Crippen LogP contribution >= 0.6 is 0 Å². The summed E-state index contributed by atoms with van der Waals surface area (Å²) in [7, 11) is 0. The van der Waals surface area contributed by atoms with Crippen molar-refractivity contribution in [3.05, 3.63) is 0 Å². The Morgan fingerprint density at radius 1 is 1.50 bits per heavy atom. The van der Waals surface area contributed by atoms with Gasteiger partial charge in [0.05, 0.1) is 0 Å². The van der Waals surface area contributed by atoms with Crippen LogP contribution in [-0.4, -0.2) is 12.8 Å². The SMILES string of the molecule is CC([O])=O.[CH]=O. The van der Waals surface area contributed by atoms with Crippen LogP contribution < -0.4 is 0 Å². The van der Waals surface area contributed by atoms with Gasteiger partial charge in [-0.2, -0.15) is 0 Å². The number of rotatable bonds is 0. The molecule has 6 heavy (non-hydrogen) atoms. The lowest BCUT2D eigenvalue weighted by Crippen LogP contribution is -1.74. The molecule has 3 nitrogen and oxygen atoms in total. The summed E-state index contributed by atoms with van der Waals surface area (Å²) in [5, 5.41) is 8.89. The van der Waals surface area contributed by atoms with E-state index in [1.165, 1.54) is 0 Å². The van der Waals surface area contributed by atoms with Gasteiger partial charge < -0.3 is 0 Å². The summed E-state index contributed by atoms with van der Waals surface area (Å²) in [5.74, 6) is -1.08. The smallest absolute Gasteiger partial charge is 0.295 e. The molecule has 0 aromatic carbocycles. The summed E-state index contributed by atoms with van der Waals surface area (Å²) in [6.07, 6.45) is 0. The first-order chi connectivity index (χ1) is 2.73. The lowest BCUT2D eigenvalue weighted by molar-refractivity contribution is -0.140. The van der Waals surface area contributed by atoms with Gasteiger partial charge in [-0.3, -0.25) is 4.79 Å². The Hall–Kier alpha value is -0.860. The quantitative estimate of drug-likeness (QED) is 0.381. The standard InChI is InChI=1S/C2H3O2.CHO/c1-2(3)4;1-2/h1H3;1H. The molecule has 3 heteroatoms. The summed E-state index contributed by atoms with van der Waals surface area (Å²) in [5.41, 5.74) is 0. The van der Waals surface area contributed by atoms with Crippen LogP contribution in [0.5, 0.6) is 0 Å². The molecule has 0 saturated carbocycles. The Bertz CT molecular complexity index is 37.3. The molecule has 0 aromatic rings. The van der Waals surface area contributed by atoms with Gasteiger partial charge >= 0.3 is 5.97 Å². The van der Waals surface area contributed by atoms with Crippen molar-refractivity contribution in [1.29, 1.82) is 0 Å². The second-order valence-electron chi connectivity index (χ2n) is 0.492. The molecule has 0 saturated heterocycles. The number of hydrogen-bond donors (Lipinski definition) is 0. The van der Waals surface area contributed by atoms with Crippen LogP contribution in [-0.2, 0) is 14.7 Å². The molecule has 34 valence electrons. The van der Waals surface area contributed by atoms with Crippen molar-refractivity contribution in [2.24, 2.45) is 0 Å². The highest BCUT2D eigenvalue weighted by molar-refractivity contribution is 5.62. The van der Waals surface area contributed by atoms with Crippen molar-refractivity contribution in [1.82, 2.24) is 0 Å². The van der Waals surface area contributed by atoms with E-state index >= 15 is 0 Å². The molecule has 0 unspecified atom stereocenters. The van der Waals surface area contributed by atoms with Crippen LogP contribution in [0.15, 0.2) is 0 Å². The van der Waals surface area contributed by atoms with Gasteiger partial charge in [0.15, 0.2) is 6.79 Å². The Morgan fingerprint density at radius 2 is 1.50 bits per heavy atom. The molecule has 0 atom stereocenters. The fourth-order valence-corrected chi connectivity index (χ4v) is 0. The number of hydrogen-bond acceptors (Lipinski definition) is 2. The molecule has 0 amide bonds. The molecule has 0 bridgehead atoms. The van der Waals surface area contributed by atoms with E-state index in [9.17, 15) is 0 Å². The molecule has 0 aliphatic carbocycles. The maximum absolute atomic E-state index is 8.89. The zero-order valence-corrected chi connectivity index (χ0v) is 3.30. The minimum atomic E-state index is -1.08. The molecule has 0 aromatic heterocycles. The zero-order chi connectivity index (χ0) is 5.58. The Kier molecular flexibility index (Phi) is 13.3. The van der Waals surface area contributed by atoms with E-state index in [1.54, 1.807) is 0 Å². The molecule has 0 rings (SSSR count). The van der Waals surface area contributed by atoms with Gasteiger partial charge in [0.2, 0.25) is 0 Å². The summed E-state index contributed by atoms with van der Waals surface area (Å²) in [6, 6.07) is 0. The predicted molar refractivity (Wildman–Crippen MR) is 18.1 cm³/mol. The van der Waals surface area contributed by atoms with Crippen LogP contribution in [0.3, 0.4) is 0 Å². The van der Waals surface area contributed by atoms with Crippen molar-refractivity contribution < 1.29 is 14.7 Å². The predicted octanol–water partition coefficient (Wildman–Crippen LogP) is -0.311. The minimum absolute atomic E-state index is 0.972. The van der Waals surface area contributed by atoms with E-state index in [0.29, 0.717) is 0 Å². The molecule has 0 spiro atoms. The molecule has 2 radical (unpaired) electrons. The second-order valence-corrected chi connectivity index (χ2v) is 0.492. The Morgan fingerprint density at radius 3 is 1.50 bits per heavy atom. The maximum Gasteiger partial charge on any atom is 0.352 e. The van der Waals surface area contributed by atoms with E-state index in [1.807, 2.05) is 0 Å². The largest absolute Gasteiger partial charge is 0.352 e. The lowest BCUT2D eigenvalue weighted by atomic mass is 10.9. The average molecular weight is 88.1 g/mol. The van der Waals surface area contributed by atoms with Crippen molar-refractivity contribution in [3.8, 4) is 0 Å². The van der Waals surface area contributed by atoms with Gasteiger partial charge in [0.25, 0.3) is 0 Å². The molecule has 0 aliphatic rings. The Labute approximate surface area is 35.6 Å². The van der Waals surface area contributed by atoms with Crippen molar-refractivity contribution in [3.63, 3.8) is 0 Å². The minimum Gasteiger partial charge on any atom is -0.295 e. The van der Waals surface area contributed by atoms with E-state index in [0.717, 1.165) is 6.92 Å². The number of carbonyl (C=O) groups excluding carboxylic acids is 2.